The van der Waals surface area contributed by atoms with Crippen molar-refractivity contribution < 1.29 is 18.0 Å². The van der Waals surface area contributed by atoms with Gasteiger partial charge in [-0.2, -0.15) is 13.2 Å². The number of nitrogens with two attached hydrogens (primary N) is 1. The van der Waals surface area contributed by atoms with Crippen LogP contribution in [-0.2, 0) is 17.4 Å². The Morgan fingerprint density at radius 3 is 2.55 bits per heavy atom. The molecule has 168 valence electrons. The van der Waals surface area contributed by atoms with Gasteiger partial charge in [-0.15, -0.1) is 24.8 Å². The molecular weight excluding hydrogens is 472 g/mol. The van der Waals surface area contributed by atoms with E-state index >= 15 is 0 Å². The second kappa shape index (κ2) is 11.6. The first-order chi connectivity index (χ1) is 13.8. The number of rotatable bonds is 6. The predicted octanol–water partition coefficient (Wildman–Crippen LogP) is 5.03. The van der Waals surface area contributed by atoms with Crippen LogP contribution in [0.15, 0.2) is 40.1 Å². The van der Waals surface area contributed by atoms with Crippen LogP contribution in [0.5, 0.6) is 0 Å². The molecule has 2 aromatic rings. The summed E-state index contributed by atoms with van der Waals surface area (Å²) in [6, 6.07) is 7.26. The minimum absolute atomic E-state index is 0. The molecule has 11 heteroatoms. The fourth-order valence-corrected chi connectivity index (χ4v) is 4.18. The second-order valence-electron chi connectivity index (χ2n) is 6.52. The van der Waals surface area contributed by atoms with Crippen molar-refractivity contribution in [2.45, 2.75) is 28.8 Å². The molecule has 5 nitrogen and oxygen atoms in total. The smallest absolute Gasteiger partial charge is 0.329 e. The lowest BCUT2D eigenvalue weighted by molar-refractivity contribution is -0.137. The van der Waals surface area contributed by atoms with E-state index in [0.29, 0.717) is 42.2 Å². The summed E-state index contributed by atoms with van der Waals surface area (Å²) < 4.78 is 40.2. The van der Waals surface area contributed by atoms with Crippen molar-refractivity contribution in [3.8, 4) is 0 Å². The Morgan fingerprint density at radius 2 is 1.90 bits per heavy atom. The van der Waals surface area contributed by atoms with Gasteiger partial charge in [0.05, 0.1) is 12.1 Å². The average Bonchev–Trinajstić information content (AvgIpc) is 2.68. The van der Waals surface area contributed by atoms with E-state index in [-0.39, 0.29) is 42.8 Å². The number of halogens is 5. The second-order valence-corrected chi connectivity index (χ2v) is 7.60. The van der Waals surface area contributed by atoms with Crippen LogP contribution >= 0.6 is 36.6 Å². The summed E-state index contributed by atoms with van der Waals surface area (Å²) in [4.78, 5) is 16.8. The highest BCUT2D eigenvalue weighted by Crippen LogP contribution is 2.46. The Bertz CT molecular complexity index is 980. The Hall–Kier alpha value is -1.96. The summed E-state index contributed by atoms with van der Waals surface area (Å²) in [5.74, 6) is -0.366. The molecule has 31 heavy (non-hydrogen) atoms. The van der Waals surface area contributed by atoms with Gasteiger partial charge in [0.15, 0.2) is 5.69 Å². The van der Waals surface area contributed by atoms with E-state index in [1.165, 1.54) is 11.8 Å². The number of fused-ring (bicyclic) bond motifs is 2. The SMILES string of the molecule is Cl.Cl.[C-]#[N+]c1ccc2c(c1)Sc1cc(C(F)(F)F)cc(NC(=O)CCNCCN)c1C2. The Morgan fingerprint density at radius 1 is 1.16 bits per heavy atom. The first kappa shape index (κ1) is 27.1. The molecule has 1 aliphatic rings. The van der Waals surface area contributed by atoms with E-state index in [4.69, 9.17) is 12.3 Å². The van der Waals surface area contributed by atoms with E-state index in [9.17, 15) is 18.0 Å². The molecule has 0 unspecified atom stereocenters. The van der Waals surface area contributed by atoms with Crippen LogP contribution in [0, 0.1) is 6.57 Å². The lowest BCUT2D eigenvalue weighted by atomic mass is 9.99. The Labute approximate surface area is 195 Å². The molecule has 3 rings (SSSR count). The zero-order valence-corrected chi connectivity index (χ0v) is 18.7. The normalized spacial score (nSPS) is 11.8. The molecule has 1 aliphatic heterocycles. The highest BCUT2D eigenvalue weighted by Gasteiger charge is 2.33. The zero-order chi connectivity index (χ0) is 21.0. The molecular formula is C20H21Cl2F3N4OS. The summed E-state index contributed by atoms with van der Waals surface area (Å²) >= 11 is 1.19. The van der Waals surface area contributed by atoms with Gasteiger partial charge in [0.25, 0.3) is 0 Å². The third kappa shape index (κ3) is 6.76. The molecule has 4 N–H and O–H groups in total. The molecule has 0 radical (unpaired) electrons. The van der Waals surface area contributed by atoms with Crippen molar-refractivity contribution in [3.63, 3.8) is 0 Å². The number of carbonyl (C=O) groups excluding carboxylic acids is 1. The van der Waals surface area contributed by atoms with Gasteiger partial charge in [-0.25, -0.2) is 4.85 Å². The van der Waals surface area contributed by atoms with Crippen LogP contribution in [0.3, 0.4) is 0 Å². The number of benzene rings is 2. The zero-order valence-electron chi connectivity index (χ0n) is 16.2. The maximum atomic E-state index is 13.4. The fourth-order valence-electron chi connectivity index (χ4n) is 3.00. The summed E-state index contributed by atoms with van der Waals surface area (Å²) in [5, 5.41) is 5.62. The van der Waals surface area contributed by atoms with E-state index in [1.807, 2.05) is 0 Å². The number of anilines is 1. The number of hydrogen-bond acceptors (Lipinski definition) is 4. The molecule has 0 aromatic heterocycles. The summed E-state index contributed by atoms with van der Waals surface area (Å²) in [7, 11) is 0. The van der Waals surface area contributed by atoms with Gasteiger partial charge in [0, 0.05) is 48.0 Å². The number of amides is 1. The number of nitrogens with one attached hydrogen (secondary N) is 2. The van der Waals surface area contributed by atoms with Crippen LogP contribution in [0.25, 0.3) is 4.85 Å². The molecule has 0 spiro atoms. The Balaban J connectivity index is 0.00000240. The molecule has 0 bridgehead atoms. The fraction of sp³-hybridized carbons (Fsp3) is 0.300. The van der Waals surface area contributed by atoms with E-state index in [1.54, 1.807) is 18.2 Å². The van der Waals surface area contributed by atoms with Crippen LogP contribution in [0.4, 0.5) is 24.5 Å². The number of hydrogen-bond donors (Lipinski definition) is 3. The predicted molar refractivity (Wildman–Crippen MR) is 121 cm³/mol. The van der Waals surface area contributed by atoms with E-state index in [2.05, 4.69) is 15.5 Å². The maximum absolute atomic E-state index is 13.4. The van der Waals surface area contributed by atoms with Gasteiger partial charge >= 0.3 is 6.18 Å². The van der Waals surface area contributed by atoms with Gasteiger partial charge in [-0.3, -0.25) is 4.79 Å². The van der Waals surface area contributed by atoms with Crippen molar-refractivity contribution >= 4 is 53.9 Å². The first-order valence-corrected chi connectivity index (χ1v) is 9.76. The van der Waals surface area contributed by atoms with Crippen molar-refractivity contribution in [1.82, 2.24) is 5.32 Å². The Kier molecular flexibility index (Phi) is 10.1. The highest BCUT2D eigenvalue weighted by molar-refractivity contribution is 7.99. The van der Waals surface area contributed by atoms with Crippen molar-refractivity contribution in [2.75, 3.05) is 25.0 Å². The van der Waals surface area contributed by atoms with Crippen LogP contribution in [-0.4, -0.2) is 25.5 Å². The third-order valence-electron chi connectivity index (χ3n) is 4.43. The highest BCUT2D eigenvalue weighted by atomic mass is 35.5. The quantitative estimate of drug-likeness (QED) is 0.333. The lowest BCUT2D eigenvalue weighted by Crippen LogP contribution is -2.26. The van der Waals surface area contributed by atoms with E-state index in [0.717, 1.165) is 22.6 Å². The molecule has 2 aromatic carbocycles. The molecule has 1 heterocycles. The number of alkyl halides is 3. The topological polar surface area (TPSA) is 71.5 Å². The number of nitrogens with zero attached hydrogens (tertiary/aromatic N) is 1. The largest absolute Gasteiger partial charge is 0.416 e. The third-order valence-corrected chi connectivity index (χ3v) is 5.61. The molecule has 0 saturated heterocycles. The van der Waals surface area contributed by atoms with Gasteiger partial charge in [0.2, 0.25) is 5.91 Å². The number of carbonyl (C=O) groups is 1. The van der Waals surface area contributed by atoms with Crippen molar-refractivity contribution in [1.29, 1.82) is 0 Å². The van der Waals surface area contributed by atoms with Gasteiger partial charge in [0.1, 0.15) is 0 Å². The molecule has 0 atom stereocenters. The molecule has 0 aliphatic carbocycles. The van der Waals surface area contributed by atoms with Gasteiger partial charge in [-0.1, -0.05) is 23.9 Å². The molecule has 0 fully saturated rings. The molecule has 0 saturated carbocycles. The summed E-state index contributed by atoms with van der Waals surface area (Å²) in [6.45, 7) is 8.51. The first-order valence-electron chi connectivity index (χ1n) is 8.95. The minimum Gasteiger partial charge on any atom is -0.329 e. The van der Waals surface area contributed by atoms with Crippen LogP contribution in [0.2, 0.25) is 0 Å². The maximum Gasteiger partial charge on any atom is 0.416 e. The standard InChI is InChI=1S/C20H19F3N4OS.2ClH/c1-25-14-3-2-12-8-15-16(27-19(28)4-6-26-7-5-24)9-13(20(21,22)23)10-18(15)29-17(12)11-14;;/h2-3,9-11,26H,4-8,24H2,(H,27,28);2*1H. The summed E-state index contributed by atoms with van der Waals surface area (Å²) in [6.07, 6.45) is -4.02. The van der Waals surface area contributed by atoms with Crippen LogP contribution in [0.1, 0.15) is 23.1 Å². The van der Waals surface area contributed by atoms with Crippen molar-refractivity contribution in [2.24, 2.45) is 5.73 Å². The van der Waals surface area contributed by atoms with Crippen LogP contribution < -0.4 is 16.4 Å². The lowest BCUT2D eigenvalue weighted by Gasteiger charge is -2.24. The summed E-state index contributed by atoms with van der Waals surface area (Å²) in [5.41, 5.74) is 6.72. The molecule has 1 amide bonds. The average molecular weight is 493 g/mol. The van der Waals surface area contributed by atoms with Gasteiger partial charge in [-0.05, 0) is 29.3 Å². The monoisotopic (exact) mass is 492 g/mol. The minimum atomic E-state index is -4.53. The van der Waals surface area contributed by atoms with Crippen molar-refractivity contribution in [3.05, 3.63) is 58.4 Å². The van der Waals surface area contributed by atoms with Gasteiger partial charge < -0.3 is 16.4 Å². The van der Waals surface area contributed by atoms with E-state index < -0.39 is 11.7 Å².